The summed E-state index contributed by atoms with van der Waals surface area (Å²) in [4.78, 5) is 0. The van der Waals surface area contributed by atoms with Gasteiger partial charge in [0, 0.05) is 5.38 Å². The van der Waals surface area contributed by atoms with Crippen LogP contribution in [0.4, 0.5) is 0 Å². The Morgan fingerprint density at radius 2 is 1.70 bits per heavy atom. The van der Waals surface area contributed by atoms with Crippen molar-refractivity contribution in [3.05, 3.63) is 0 Å². The van der Waals surface area contributed by atoms with E-state index in [0.717, 1.165) is 5.92 Å². The fraction of sp³-hybridized carbons (Fsp3) is 1.00. The van der Waals surface area contributed by atoms with Crippen LogP contribution in [-0.2, 0) is 0 Å². The summed E-state index contributed by atoms with van der Waals surface area (Å²) in [5, 5.41) is 0.433. The van der Waals surface area contributed by atoms with Gasteiger partial charge in [0.2, 0.25) is 0 Å². The SMILES string of the molecule is CC(C)C(Cl)C1CCCC1. The van der Waals surface area contributed by atoms with Gasteiger partial charge in [-0.05, 0) is 24.7 Å². The van der Waals surface area contributed by atoms with E-state index in [9.17, 15) is 0 Å². The third-order valence-corrected chi connectivity index (χ3v) is 3.35. The van der Waals surface area contributed by atoms with Gasteiger partial charge in [-0.3, -0.25) is 0 Å². The van der Waals surface area contributed by atoms with Crippen LogP contribution in [0.2, 0.25) is 0 Å². The van der Waals surface area contributed by atoms with Crippen molar-refractivity contribution < 1.29 is 0 Å². The zero-order chi connectivity index (χ0) is 7.56. The molecule has 1 aliphatic carbocycles. The summed E-state index contributed by atoms with van der Waals surface area (Å²) in [6.45, 7) is 4.44. The highest BCUT2D eigenvalue weighted by Gasteiger charge is 2.24. The van der Waals surface area contributed by atoms with Gasteiger partial charge in [-0.1, -0.05) is 26.7 Å². The van der Waals surface area contributed by atoms with Gasteiger partial charge >= 0.3 is 0 Å². The second-order valence-corrected chi connectivity index (χ2v) is 4.24. The molecule has 0 bridgehead atoms. The quantitative estimate of drug-likeness (QED) is 0.543. The molecule has 1 fully saturated rings. The maximum Gasteiger partial charge on any atom is 0.0387 e. The monoisotopic (exact) mass is 160 g/mol. The van der Waals surface area contributed by atoms with Crippen LogP contribution in [0.5, 0.6) is 0 Å². The first kappa shape index (κ1) is 8.39. The van der Waals surface area contributed by atoms with Crippen LogP contribution in [0, 0.1) is 11.8 Å². The van der Waals surface area contributed by atoms with Crippen molar-refractivity contribution in [3.8, 4) is 0 Å². The Labute approximate surface area is 69.0 Å². The van der Waals surface area contributed by atoms with Crippen LogP contribution in [0.25, 0.3) is 0 Å². The van der Waals surface area contributed by atoms with Gasteiger partial charge in [-0.2, -0.15) is 0 Å². The molecule has 0 nitrogen and oxygen atoms in total. The van der Waals surface area contributed by atoms with E-state index in [1.807, 2.05) is 0 Å². The summed E-state index contributed by atoms with van der Waals surface area (Å²) in [6.07, 6.45) is 5.54. The Hall–Kier alpha value is 0.290. The zero-order valence-corrected chi connectivity index (χ0v) is 7.69. The Morgan fingerprint density at radius 1 is 1.20 bits per heavy atom. The Kier molecular flexibility index (Phi) is 3.03. The van der Waals surface area contributed by atoms with E-state index in [4.69, 9.17) is 11.6 Å². The van der Waals surface area contributed by atoms with Crippen molar-refractivity contribution in [2.75, 3.05) is 0 Å². The van der Waals surface area contributed by atoms with Crippen molar-refractivity contribution in [1.29, 1.82) is 0 Å². The molecule has 1 unspecified atom stereocenters. The van der Waals surface area contributed by atoms with E-state index in [1.165, 1.54) is 25.7 Å². The third kappa shape index (κ3) is 1.88. The molecule has 0 N–H and O–H groups in total. The van der Waals surface area contributed by atoms with Crippen molar-refractivity contribution in [1.82, 2.24) is 0 Å². The van der Waals surface area contributed by atoms with E-state index in [0.29, 0.717) is 11.3 Å². The van der Waals surface area contributed by atoms with Crippen LogP contribution in [0.1, 0.15) is 39.5 Å². The van der Waals surface area contributed by atoms with Crippen molar-refractivity contribution in [2.45, 2.75) is 44.9 Å². The number of rotatable bonds is 2. The van der Waals surface area contributed by atoms with Crippen LogP contribution in [-0.4, -0.2) is 5.38 Å². The minimum Gasteiger partial charge on any atom is -0.122 e. The summed E-state index contributed by atoms with van der Waals surface area (Å²) < 4.78 is 0. The van der Waals surface area contributed by atoms with Gasteiger partial charge in [0.15, 0.2) is 0 Å². The largest absolute Gasteiger partial charge is 0.122 e. The molecular formula is C9H17Cl. The van der Waals surface area contributed by atoms with Gasteiger partial charge in [-0.15, -0.1) is 11.6 Å². The highest BCUT2D eigenvalue weighted by Crippen LogP contribution is 2.33. The van der Waals surface area contributed by atoms with Gasteiger partial charge in [0.25, 0.3) is 0 Å². The Bertz CT molecular complexity index is 92.9. The standard InChI is InChI=1S/C9H17Cl/c1-7(2)9(10)8-5-3-4-6-8/h7-9H,3-6H2,1-2H3. The highest BCUT2D eigenvalue weighted by molar-refractivity contribution is 6.20. The van der Waals surface area contributed by atoms with E-state index < -0.39 is 0 Å². The second-order valence-electron chi connectivity index (χ2n) is 3.73. The fourth-order valence-corrected chi connectivity index (χ4v) is 2.07. The molecule has 0 aliphatic heterocycles. The fourth-order valence-electron chi connectivity index (χ4n) is 1.82. The van der Waals surface area contributed by atoms with E-state index in [1.54, 1.807) is 0 Å². The number of hydrogen-bond donors (Lipinski definition) is 0. The smallest absolute Gasteiger partial charge is 0.0387 e. The summed E-state index contributed by atoms with van der Waals surface area (Å²) in [5.41, 5.74) is 0. The lowest BCUT2D eigenvalue weighted by Crippen LogP contribution is -2.17. The molecule has 0 radical (unpaired) electrons. The van der Waals surface area contributed by atoms with Gasteiger partial charge < -0.3 is 0 Å². The molecule has 10 heavy (non-hydrogen) atoms. The number of halogens is 1. The minimum atomic E-state index is 0.433. The molecule has 0 saturated heterocycles. The maximum absolute atomic E-state index is 6.22. The van der Waals surface area contributed by atoms with Crippen LogP contribution in [0.3, 0.4) is 0 Å². The summed E-state index contributed by atoms with van der Waals surface area (Å²) >= 11 is 6.22. The second kappa shape index (κ2) is 3.61. The molecule has 0 aromatic heterocycles. The lowest BCUT2D eigenvalue weighted by Gasteiger charge is -2.19. The molecule has 0 spiro atoms. The summed E-state index contributed by atoms with van der Waals surface area (Å²) in [6, 6.07) is 0. The molecule has 0 aromatic rings. The molecule has 0 amide bonds. The van der Waals surface area contributed by atoms with Crippen LogP contribution < -0.4 is 0 Å². The van der Waals surface area contributed by atoms with E-state index in [-0.39, 0.29) is 0 Å². The molecule has 0 aromatic carbocycles. The van der Waals surface area contributed by atoms with E-state index >= 15 is 0 Å². The molecule has 1 saturated carbocycles. The Balaban J connectivity index is 2.32. The predicted molar refractivity (Wildman–Crippen MR) is 46.4 cm³/mol. The molecular weight excluding hydrogens is 144 g/mol. The van der Waals surface area contributed by atoms with Gasteiger partial charge in [-0.25, -0.2) is 0 Å². The van der Waals surface area contributed by atoms with Gasteiger partial charge in [0.05, 0.1) is 0 Å². The Morgan fingerprint density at radius 3 is 2.10 bits per heavy atom. The van der Waals surface area contributed by atoms with Crippen molar-refractivity contribution in [3.63, 3.8) is 0 Å². The normalized spacial score (nSPS) is 24.0. The first-order chi connectivity index (χ1) is 4.72. The van der Waals surface area contributed by atoms with Gasteiger partial charge in [0.1, 0.15) is 0 Å². The van der Waals surface area contributed by atoms with Crippen molar-refractivity contribution >= 4 is 11.6 Å². The van der Waals surface area contributed by atoms with Crippen LogP contribution in [0.15, 0.2) is 0 Å². The third-order valence-electron chi connectivity index (χ3n) is 2.49. The predicted octanol–water partition coefficient (Wildman–Crippen LogP) is 3.44. The molecule has 1 atom stereocenters. The molecule has 1 aliphatic rings. The number of alkyl halides is 1. The molecule has 60 valence electrons. The average molecular weight is 161 g/mol. The zero-order valence-electron chi connectivity index (χ0n) is 6.94. The van der Waals surface area contributed by atoms with Crippen molar-refractivity contribution in [2.24, 2.45) is 11.8 Å². The first-order valence-electron chi connectivity index (χ1n) is 4.36. The summed E-state index contributed by atoms with van der Waals surface area (Å²) in [7, 11) is 0. The molecule has 0 heterocycles. The van der Waals surface area contributed by atoms with E-state index in [2.05, 4.69) is 13.8 Å². The molecule has 1 heteroatoms. The maximum atomic E-state index is 6.22. The van der Waals surface area contributed by atoms with Crippen LogP contribution >= 0.6 is 11.6 Å². The molecule has 1 rings (SSSR count). The highest BCUT2D eigenvalue weighted by atomic mass is 35.5. The lowest BCUT2D eigenvalue weighted by molar-refractivity contribution is 0.429. The average Bonchev–Trinajstić information content (AvgIpc) is 2.36. The minimum absolute atomic E-state index is 0.433. The number of hydrogen-bond acceptors (Lipinski definition) is 0. The lowest BCUT2D eigenvalue weighted by atomic mass is 9.95. The topological polar surface area (TPSA) is 0 Å². The summed E-state index contributed by atoms with van der Waals surface area (Å²) in [5.74, 6) is 1.48. The first-order valence-corrected chi connectivity index (χ1v) is 4.79.